The van der Waals surface area contributed by atoms with Gasteiger partial charge in [0.15, 0.2) is 5.65 Å². The van der Waals surface area contributed by atoms with Gasteiger partial charge in [0.05, 0.1) is 5.02 Å². The summed E-state index contributed by atoms with van der Waals surface area (Å²) in [4.78, 5) is 0. The molecule has 0 radical (unpaired) electrons. The van der Waals surface area contributed by atoms with Crippen LogP contribution in [0, 0.1) is 0 Å². The van der Waals surface area contributed by atoms with Gasteiger partial charge in [0, 0.05) is 11.1 Å². The molecule has 2 aromatic heterocycles. The Morgan fingerprint density at radius 3 is 2.83 bits per heavy atom. The molecule has 5 nitrogen and oxygen atoms in total. The molecule has 0 unspecified atom stereocenters. The van der Waals surface area contributed by atoms with Crippen LogP contribution >= 0.6 is 23.2 Å². The molecule has 2 heterocycles. The van der Waals surface area contributed by atoms with E-state index in [0.717, 1.165) is 0 Å². The summed E-state index contributed by atoms with van der Waals surface area (Å²) < 4.78 is 7.08. The fourth-order valence-electron chi connectivity index (χ4n) is 1.44. The maximum Gasteiger partial charge on any atom is 0.237 e. The van der Waals surface area contributed by atoms with Crippen molar-refractivity contribution >= 4 is 28.8 Å². The summed E-state index contributed by atoms with van der Waals surface area (Å²) in [6.07, 6.45) is 1.49. The van der Waals surface area contributed by atoms with Gasteiger partial charge in [-0.1, -0.05) is 23.2 Å². The highest BCUT2D eigenvalue weighted by atomic mass is 35.5. The van der Waals surface area contributed by atoms with Crippen molar-refractivity contribution in [3.63, 3.8) is 0 Å². The lowest BCUT2D eigenvalue weighted by Crippen LogP contribution is -1.94. The third kappa shape index (κ3) is 2.10. The number of hydrogen-bond acceptors (Lipinski definition) is 4. The van der Waals surface area contributed by atoms with Crippen LogP contribution in [-0.4, -0.2) is 19.8 Å². The van der Waals surface area contributed by atoms with Crippen LogP contribution < -0.4 is 4.74 Å². The Balaban J connectivity index is 1.95. The van der Waals surface area contributed by atoms with E-state index in [4.69, 9.17) is 27.9 Å². The molecule has 0 atom stereocenters. The summed E-state index contributed by atoms with van der Waals surface area (Å²) >= 11 is 11.8. The van der Waals surface area contributed by atoms with Crippen LogP contribution in [0.15, 0.2) is 36.7 Å². The van der Waals surface area contributed by atoms with Gasteiger partial charge >= 0.3 is 0 Å². The molecule has 0 fully saturated rings. The summed E-state index contributed by atoms with van der Waals surface area (Å²) in [7, 11) is 0. The lowest BCUT2D eigenvalue weighted by Gasteiger charge is -2.06. The SMILES string of the molecule is Clc1ccc(Oc2ccc3nncn3n2)c(Cl)c1. The van der Waals surface area contributed by atoms with Crippen molar-refractivity contribution in [3.8, 4) is 11.6 Å². The van der Waals surface area contributed by atoms with Crippen LogP contribution in [-0.2, 0) is 0 Å². The van der Waals surface area contributed by atoms with E-state index in [2.05, 4.69) is 15.3 Å². The van der Waals surface area contributed by atoms with E-state index in [1.807, 2.05) is 0 Å². The Hall–Kier alpha value is -1.85. The zero-order valence-corrected chi connectivity index (χ0v) is 10.4. The van der Waals surface area contributed by atoms with Crippen molar-refractivity contribution in [2.24, 2.45) is 0 Å². The van der Waals surface area contributed by atoms with Gasteiger partial charge in [0.25, 0.3) is 0 Å². The van der Waals surface area contributed by atoms with Gasteiger partial charge < -0.3 is 4.74 Å². The zero-order valence-electron chi connectivity index (χ0n) is 8.92. The predicted molar refractivity (Wildman–Crippen MR) is 67.3 cm³/mol. The van der Waals surface area contributed by atoms with Crippen LogP contribution in [0.2, 0.25) is 10.0 Å². The van der Waals surface area contributed by atoms with E-state index in [1.54, 1.807) is 30.3 Å². The second kappa shape index (κ2) is 4.44. The van der Waals surface area contributed by atoms with Gasteiger partial charge in [-0.25, -0.2) is 0 Å². The first-order chi connectivity index (χ1) is 8.72. The van der Waals surface area contributed by atoms with Crippen molar-refractivity contribution < 1.29 is 4.74 Å². The van der Waals surface area contributed by atoms with Crippen LogP contribution in [0.1, 0.15) is 0 Å². The van der Waals surface area contributed by atoms with Crippen LogP contribution in [0.25, 0.3) is 5.65 Å². The molecule has 0 aliphatic rings. The highest BCUT2D eigenvalue weighted by Gasteiger charge is 2.06. The smallest absolute Gasteiger partial charge is 0.237 e. The molecule has 0 aliphatic heterocycles. The molecule has 3 aromatic rings. The van der Waals surface area contributed by atoms with Crippen molar-refractivity contribution in [3.05, 3.63) is 46.7 Å². The lowest BCUT2D eigenvalue weighted by molar-refractivity contribution is 0.452. The van der Waals surface area contributed by atoms with E-state index in [9.17, 15) is 0 Å². The van der Waals surface area contributed by atoms with Crippen molar-refractivity contribution in [1.82, 2.24) is 19.8 Å². The number of halogens is 2. The van der Waals surface area contributed by atoms with Crippen molar-refractivity contribution in [2.45, 2.75) is 0 Å². The topological polar surface area (TPSA) is 52.3 Å². The number of aromatic nitrogens is 4. The Labute approximate surface area is 112 Å². The zero-order chi connectivity index (χ0) is 12.5. The molecule has 7 heteroatoms. The Kier molecular flexibility index (Phi) is 2.77. The number of ether oxygens (including phenoxy) is 1. The second-order valence-electron chi connectivity index (χ2n) is 3.48. The monoisotopic (exact) mass is 280 g/mol. The maximum absolute atomic E-state index is 6.01. The van der Waals surface area contributed by atoms with Gasteiger partial charge in [-0.2, -0.15) is 4.52 Å². The summed E-state index contributed by atoms with van der Waals surface area (Å²) in [5.41, 5.74) is 0.643. The normalized spacial score (nSPS) is 10.8. The molecule has 0 saturated heterocycles. The van der Waals surface area contributed by atoms with E-state index in [0.29, 0.717) is 27.3 Å². The fourth-order valence-corrected chi connectivity index (χ4v) is 1.88. The van der Waals surface area contributed by atoms with Crippen molar-refractivity contribution in [1.29, 1.82) is 0 Å². The van der Waals surface area contributed by atoms with Gasteiger partial charge in [0.1, 0.15) is 12.1 Å². The molecule has 3 rings (SSSR count). The quantitative estimate of drug-likeness (QED) is 0.723. The first-order valence-electron chi connectivity index (χ1n) is 5.02. The minimum atomic E-state index is 0.395. The van der Waals surface area contributed by atoms with Crippen molar-refractivity contribution in [2.75, 3.05) is 0 Å². The van der Waals surface area contributed by atoms with E-state index >= 15 is 0 Å². The third-order valence-corrected chi connectivity index (χ3v) is 2.78. The number of fused-ring (bicyclic) bond motifs is 1. The molecule has 18 heavy (non-hydrogen) atoms. The average Bonchev–Trinajstić information content (AvgIpc) is 2.80. The number of hydrogen-bond donors (Lipinski definition) is 0. The Bertz CT molecular complexity index is 713. The molecule has 1 aromatic carbocycles. The van der Waals surface area contributed by atoms with Gasteiger partial charge in [-0.3, -0.25) is 0 Å². The summed E-state index contributed by atoms with van der Waals surface area (Å²) in [5.74, 6) is 0.882. The van der Waals surface area contributed by atoms with Gasteiger partial charge in [-0.05, 0) is 24.3 Å². The molecule has 0 bridgehead atoms. The molecular formula is C11H6Cl2N4O. The molecule has 0 saturated carbocycles. The molecule has 0 N–H and O–H groups in total. The van der Waals surface area contributed by atoms with Gasteiger partial charge in [0.2, 0.25) is 5.88 Å². The predicted octanol–water partition coefficient (Wildman–Crippen LogP) is 3.22. The highest BCUT2D eigenvalue weighted by molar-refractivity contribution is 6.35. The summed E-state index contributed by atoms with van der Waals surface area (Å²) in [6.45, 7) is 0. The van der Waals surface area contributed by atoms with E-state index in [1.165, 1.54) is 10.8 Å². The number of rotatable bonds is 2. The first-order valence-corrected chi connectivity index (χ1v) is 5.78. The third-order valence-electron chi connectivity index (χ3n) is 2.25. The Morgan fingerprint density at radius 1 is 1.11 bits per heavy atom. The maximum atomic E-state index is 6.01. The van der Waals surface area contributed by atoms with E-state index < -0.39 is 0 Å². The summed E-state index contributed by atoms with van der Waals surface area (Å²) in [6, 6.07) is 8.42. The largest absolute Gasteiger partial charge is 0.436 e. The number of benzene rings is 1. The first kappa shape index (κ1) is 11.3. The fraction of sp³-hybridized carbons (Fsp3) is 0. The second-order valence-corrected chi connectivity index (χ2v) is 4.33. The standard InChI is InChI=1S/C11H6Cl2N4O/c12-7-1-2-9(8(13)5-7)18-11-4-3-10-15-14-6-17(10)16-11/h1-6H. The van der Waals surface area contributed by atoms with E-state index in [-0.39, 0.29) is 0 Å². The lowest BCUT2D eigenvalue weighted by atomic mass is 10.3. The minimum absolute atomic E-state index is 0.395. The van der Waals surface area contributed by atoms with Crippen LogP contribution in [0.5, 0.6) is 11.6 Å². The molecular weight excluding hydrogens is 275 g/mol. The van der Waals surface area contributed by atoms with Gasteiger partial charge in [-0.15, -0.1) is 15.3 Å². The Morgan fingerprint density at radius 2 is 2.00 bits per heavy atom. The molecule has 0 amide bonds. The summed E-state index contributed by atoms with van der Waals surface area (Å²) in [5, 5.41) is 12.7. The minimum Gasteiger partial charge on any atom is -0.436 e. The highest BCUT2D eigenvalue weighted by Crippen LogP contribution is 2.30. The molecule has 0 aliphatic carbocycles. The average molecular weight is 281 g/mol. The number of nitrogens with zero attached hydrogens (tertiary/aromatic N) is 4. The van der Waals surface area contributed by atoms with Crippen LogP contribution in [0.4, 0.5) is 0 Å². The van der Waals surface area contributed by atoms with Crippen LogP contribution in [0.3, 0.4) is 0 Å². The molecule has 90 valence electrons. The molecule has 0 spiro atoms.